The molecule has 0 unspecified atom stereocenters. The van der Waals surface area contributed by atoms with Gasteiger partial charge in [-0.15, -0.1) is 70.6 Å². The first-order chi connectivity index (χ1) is 45.6. The maximum Gasteiger partial charge on any atom is 0.193 e. The molecule has 0 amide bonds. The van der Waals surface area contributed by atoms with Gasteiger partial charge in [0.05, 0.1) is 0 Å². The molecule has 11 aromatic rings. The molecule has 0 saturated carbocycles. The van der Waals surface area contributed by atoms with Gasteiger partial charge in [-0.3, -0.25) is 4.79 Å². The van der Waals surface area contributed by atoms with Crippen LogP contribution in [-0.2, 0) is 12.8 Å². The second kappa shape index (κ2) is 66.8. The van der Waals surface area contributed by atoms with E-state index in [0.29, 0.717) is 0 Å². The number of hydrogen-bond acceptors (Lipinski definition) is 8. The summed E-state index contributed by atoms with van der Waals surface area (Å²) in [5, 5.41) is 0. The van der Waals surface area contributed by atoms with Crippen LogP contribution < -0.4 is 4.74 Å². The summed E-state index contributed by atoms with van der Waals surface area (Å²) < 4.78 is 5.72. The lowest BCUT2D eigenvalue weighted by Crippen LogP contribution is -2.00. The monoisotopic (exact) mass is 1590 g/mol. The molecule has 0 N–H and O–H groups in total. The van der Waals surface area contributed by atoms with Crippen molar-refractivity contribution < 1.29 is 9.53 Å². The average molecular weight is 1590 g/mol. The van der Waals surface area contributed by atoms with E-state index in [1.54, 1.807) is 47.0 Å². The molecule has 2 nitrogen and oxygen atoms in total. The molecule has 0 aromatic heterocycles. The third-order valence-electron chi connectivity index (χ3n) is 15.5. The molecule has 11 aromatic carbocycles. The van der Waals surface area contributed by atoms with Crippen LogP contribution in [0.3, 0.4) is 0 Å². The average Bonchev–Trinajstić information content (AvgIpc) is 0.857. The van der Waals surface area contributed by atoms with E-state index in [1.165, 1.54) is 118 Å². The molecule has 0 radical (unpaired) electrons. The molecule has 0 bridgehead atoms. The Morgan fingerprint density at radius 1 is 0.248 bits per heavy atom. The lowest BCUT2D eigenvalue weighted by Gasteiger charge is -2.09. The Bertz CT molecular complexity index is 3940. The fourth-order valence-corrected chi connectivity index (χ4v) is 12.5. The molecule has 11 rings (SSSR count). The van der Waals surface area contributed by atoms with Crippen molar-refractivity contribution in [1.82, 2.24) is 0 Å². The second-order valence-corrected chi connectivity index (χ2v) is 28.7. The number of carbonyl (C=O) groups excluding carboxylic acids is 1. The van der Waals surface area contributed by atoms with Crippen LogP contribution in [0.15, 0.2) is 272 Å². The Balaban J connectivity index is -0.000000130. The molecule has 0 fully saturated rings. The number of ketones is 1. The van der Waals surface area contributed by atoms with Crippen LogP contribution in [-0.4, -0.2) is 43.3 Å². The normalized spacial score (nSPS) is 8.86. The van der Waals surface area contributed by atoms with Gasteiger partial charge in [0.2, 0.25) is 0 Å². The summed E-state index contributed by atoms with van der Waals surface area (Å²) in [5.41, 5.74) is 23.1. The molecule has 0 saturated heterocycles. The minimum absolute atomic E-state index is 0. The van der Waals surface area contributed by atoms with Crippen LogP contribution in [0.25, 0.3) is 0 Å². The summed E-state index contributed by atoms with van der Waals surface area (Å²) in [5.74, 6) is 1.84. The molecule has 0 spiro atoms. The maximum absolute atomic E-state index is 12.2. The largest absolute Gasteiger partial charge is 0.457 e. The zero-order chi connectivity index (χ0) is 69.2. The van der Waals surface area contributed by atoms with Gasteiger partial charge in [0.15, 0.2) is 5.78 Å². The van der Waals surface area contributed by atoms with Crippen LogP contribution in [0.2, 0.25) is 0 Å². The minimum atomic E-state index is 0. The van der Waals surface area contributed by atoms with E-state index < -0.39 is 0 Å². The summed E-state index contributed by atoms with van der Waals surface area (Å²) >= 11 is 10.6. The van der Waals surface area contributed by atoms with E-state index in [2.05, 4.69) is 265 Å². The Morgan fingerprint density at radius 3 is 0.945 bits per heavy atom. The van der Waals surface area contributed by atoms with E-state index in [4.69, 9.17) is 4.74 Å². The third-order valence-corrected chi connectivity index (χ3v) is 20.2. The minimum Gasteiger partial charge on any atom is -0.457 e. The zero-order valence-corrected chi connectivity index (χ0v) is 64.2. The number of thioether (sulfide) groups is 6. The van der Waals surface area contributed by atoms with Gasteiger partial charge in [0.1, 0.15) is 11.5 Å². The number of aryl methyl sites for hydroxylation is 12. The predicted octanol–water partition coefficient (Wildman–Crippen LogP) is 34.9. The van der Waals surface area contributed by atoms with Crippen molar-refractivity contribution in [3.05, 3.63) is 343 Å². The first-order valence-electron chi connectivity index (χ1n) is 31.9. The summed E-state index contributed by atoms with van der Waals surface area (Å²) in [6.45, 7) is 25.5. The van der Waals surface area contributed by atoms with Crippen LogP contribution >= 0.6 is 70.6 Å². The van der Waals surface area contributed by atoms with E-state index in [9.17, 15) is 4.79 Å². The predicted molar refractivity (Wildman–Crippen MR) is 522 cm³/mol. The number of benzene rings is 11. The fourth-order valence-electron chi connectivity index (χ4n) is 9.44. The van der Waals surface area contributed by atoms with Gasteiger partial charge in [-0.25, -0.2) is 0 Å². The van der Waals surface area contributed by atoms with Crippen LogP contribution in [0.1, 0.15) is 209 Å². The van der Waals surface area contributed by atoms with Crippen molar-refractivity contribution in [1.29, 1.82) is 0 Å². The number of ether oxygens (including phenoxy) is 1. The third kappa shape index (κ3) is 45.8. The highest BCUT2D eigenvalue weighted by atomic mass is 32.2. The van der Waals surface area contributed by atoms with Gasteiger partial charge in [-0.05, 0) is 281 Å². The fraction of sp³-hybridized carbons (Fsp3) is 0.337. The highest BCUT2D eigenvalue weighted by Crippen LogP contribution is 2.28. The van der Waals surface area contributed by atoms with Crippen LogP contribution in [0.5, 0.6) is 11.5 Å². The summed E-state index contributed by atoms with van der Waals surface area (Å²) in [4.78, 5) is 20.0. The van der Waals surface area contributed by atoms with E-state index in [0.717, 1.165) is 35.5 Å². The Labute approximate surface area is 701 Å². The molecule has 0 atom stereocenters. The summed E-state index contributed by atoms with van der Waals surface area (Å²) in [6.07, 6.45) is 14.6. The second-order valence-electron chi connectivity index (χ2n) is 23.5. The van der Waals surface area contributed by atoms with Gasteiger partial charge in [-0.1, -0.05) is 289 Å². The van der Waals surface area contributed by atoms with Crippen LogP contribution in [0, 0.1) is 83.1 Å². The Hall–Kier alpha value is -7.01. The smallest absolute Gasteiger partial charge is 0.193 e. The molecule has 8 heteroatoms. The zero-order valence-electron chi connectivity index (χ0n) is 59.3. The van der Waals surface area contributed by atoms with Gasteiger partial charge < -0.3 is 4.74 Å². The maximum atomic E-state index is 12.2. The van der Waals surface area contributed by atoms with E-state index >= 15 is 0 Å². The molecule has 0 aliphatic heterocycles. The van der Waals surface area contributed by atoms with Crippen molar-refractivity contribution in [2.75, 3.05) is 37.5 Å². The van der Waals surface area contributed by atoms with E-state index in [1.807, 2.05) is 122 Å². The van der Waals surface area contributed by atoms with Gasteiger partial charge in [0, 0.05) is 40.5 Å². The van der Waals surface area contributed by atoms with Crippen molar-refractivity contribution in [2.24, 2.45) is 0 Å². The summed E-state index contributed by atoms with van der Waals surface area (Å²) in [6, 6.07) is 84.2. The molecule has 109 heavy (non-hydrogen) atoms. The SMILES string of the molecule is C.C.C.C.C.C.C.C.C.C.C.C.C.C.CSc1cc(C)c(C)cc1C.CSc1ccc(C(=O)c2ccc(C)cc2)cc1.CSc1ccc(C)cc1Cc1ccc(C)cc1.CSc1ccc(Cc2ccc(C)cc2)cc1.CSc1ccc(Oc2ccc(C)cc2)cc1.CSc1cccc(C)c1.Cc1ccc(C)c(C)c1. The lowest BCUT2D eigenvalue weighted by atomic mass is 10.0. The van der Waals surface area contributed by atoms with Crippen molar-refractivity contribution in [3.8, 4) is 11.5 Å². The highest BCUT2D eigenvalue weighted by Gasteiger charge is 2.09. The molecule has 0 aliphatic carbocycles. The number of hydrogen-bond donors (Lipinski definition) is 0. The van der Waals surface area contributed by atoms with E-state index in [-0.39, 0.29) is 110 Å². The Kier molecular flexibility index (Phi) is 75.3. The Morgan fingerprint density at radius 2 is 0.560 bits per heavy atom. The van der Waals surface area contributed by atoms with Crippen molar-refractivity contribution in [2.45, 2.75) is 229 Å². The topological polar surface area (TPSA) is 26.3 Å². The van der Waals surface area contributed by atoms with Crippen molar-refractivity contribution in [3.63, 3.8) is 0 Å². The molecule has 0 heterocycles. The van der Waals surface area contributed by atoms with Gasteiger partial charge in [-0.2, -0.15) is 0 Å². The standard InChI is InChI=1S/C16H18S.C15H14OS.C15H16S.C14H14OS.C10H14S.C9H12.C8H10S.14CH4/c1-12-4-7-14(8-5-12)11-15-10-13(2)6-9-16(15)17-3;1-11-3-5-12(6-4-11)15(16)13-7-9-14(17-2)10-8-13;1-12-3-5-13(6-4-12)11-14-7-9-15(16-2)10-8-14;1-11-3-5-12(6-4-11)15-13-7-9-14(16-2)10-8-13;1-7-5-9(3)10(11-4)6-8(7)2;1-7-4-5-8(2)9(3)6-7;1-7-4-3-5-8(6-7)9-2;;;;;;;;;;;;;;/h4-10H,11H2,1-3H3;3-10H,1-2H3;3-10H,11H2,1-2H3;3-10H,1-2H3;5-6H,1-4H3;4-6H,1-3H3;3-6H,1-2H3;14*1H4. The first kappa shape index (κ1) is 123. The van der Waals surface area contributed by atoms with Crippen molar-refractivity contribution >= 4 is 76.4 Å². The van der Waals surface area contributed by atoms with Crippen LogP contribution in [0.4, 0.5) is 0 Å². The molecular formula is C101H154O2S6. The molecular weight excluding hydrogens is 1440 g/mol. The number of rotatable bonds is 14. The lowest BCUT2D eigenvalue weighted by molar-refractivity contribution is 0.103. The summed E-state index contributed by atoms with van der Waals surface area (Å²) in [7, 11) is 0. The first-order valence-corrected chi connectivity index (χ1v) is 39.3. The molecule has 606 valence electrons. The number of carbonyl (C=O) groups is 1. The van der Waals surface area contributed by atoms with Gasteiger partial charge >= 0.3 is 0 Å². The van der Waals surface area contributed by atoms with Gasteiger partial charge in [0.25, 0.3) is 0 Å². The quantitative estimate of drug-likeness (QED) is 0.0785. The highest BCUT2D eigenvalue weighted by molar-refractivity contribution is 7.99. The molecule has 0 aliphatic rings.